The fraction of sp³-hybridized carbons (Fsp3) is 0.294. The monoisotopic (exact) mass is 266 g/mol. The van der Waals surface area contributed by atoms with Crippen LogP contribution in [0.2, 0.25) is 0 Å². The second kappa shape index (κ2) is 4.75. The van der Waals surface area contributed by atoms with E-state index in [9.17, 15) is 4.79 Å². The van der Waals surface area contributed by atoms with E-state index in [2.05, 4.69) is 31.0 Å². The number of carbonyl (C=O) groups excluding carboxylic acids is 1. The van der Waals surface area contributed by atoms with Crippen molar-refractivity contribution < 1.29 is 4.79 Å². The van der Waals surface area contributed by atoms with E-state index in [1.807, 2.05) is 24.3 Å². The van der Waals surface area contributed by atoms with Crippen molar-refractivity contribution in [1.82, 2.24) is 4.98 Å². The first-order chi connectivity index (χ1) is 9.55. The van der Waals surface area contributed by atoms with E-state index in [-0.39, 0.29) is 11.3 Å². The van der Waals surface area contributed by atoms with Gasteiger partial charge in [0.1, 0.15) is 0 Å². The Hall–Kier alpha value is -2.16. The van der Waals surface area contributed by atoms with Crippen LogP contribution in [0.15, 0.2) is 47.6 Å². The van der Waals surface area contributed by atoms with E-state index in [1.165, 1.54) is 5.56 Å². The molecule has 1 aromatic carbocycles. The highest BCUT2D eigenvalue weighted by Gasteiger charge is 2.27. The molecule has 0 atom stereocenters. The molecule has 3 rings (SSSR count). The van der Waals surface area contributed by atoms with E-state index in [1.54, 1.807) is 6.20 Å². The highest BCUT2D eigenvalue weighted by molar-refractivity contribution is 6.16. The number of carbonyl (C=O) groups is 1. The van der Waals surface area contributed by atoms with E-state index in [4.69, 9.17) is 4.99 Å². The molecular formula is C17H18N2O. The van der Waals surface area contributed by atoms with Crippen molar-refractivity contribution in [3.8, 4) is 0 Å². The van der Waals surface area contributed by atoms with Gasteiger partial charge >= 0.3 is 0 Å². The summed E-state index contributed by atoms with van der Waals surface area (Å²) < 4.78 is 0. The first-order valence-electron chi connectivity index (χ1n) is 6.89. The highest BCUT2D eigenvalue weighted by Crippen LogP contribution is 2.28. The van der Waals surface area contributed by atoms with Gasteiger partial charge in [-0.1, -0.05) is 24.3 Å². The normalized spacial score (nSPS) is 16.4. The maximum absolute atomic E-state index is 12.3. The Morgan fingerprint density at radius 1 is 1.25 bits per heavy atom. The molecule has 1 aliphatic rings. The summed E-state index contributed by atoms with van der Waals surface area (Å²) in [6.45, 7) is 4.23. The molecule has 0 amide bonds. The van der Waals surface area contributed by atoms with Crippen LogP contribution in [-0.4, -0.2) is 22.0 Å². The fourth-order valence-electron chi connectivity index (χ4n) is 2.77. The van der Waals surface area contributed by atoms with E-state index in [0.717, 1.165) is 17.7 Å². The Morgan fingerprint density at radius 3 is 2.80 bits per heavy atom. The van der Waals surface area contributed by atoms with Crippen LogP contribution in [-0.2, 0) is 6.42 Å². The van der Waals surface area contributed by atoms with Gasteiger partial charge in [0.05, 0.1) is 23.4 Å². The van der Waals surface area contributed by atoms with Crippen LogP contribution in [0.25, 0.3) is 0 Å². The zero-order valence-corrected chi connectivity index (χ0v) is 11.8. The molecule has 0 unspecified atom stereocenters. The number of hydrogen-bond donors (Lipinski definition) is 1. The van der Waals surface area contributed by atoms with Crippen molar-refractivity contribution in [2.45, 2.75) is 32.2 Å². The largest absolute Gasteiger partial charge is 0.359 e. The van der Waals surface area contributed by atoms with Gasteiger partial charge in [0, 0.05) is 6.20 Å². The van der Waals surface area contributed by atoms with Gasteiger partial charge in [-0.25, -0.2) is 0 Å². The molecule has 1 aliphatic heterocycles. The predicted molar refractivity (Wildman–Crippen MR) is 80.5 cm³/mol. The quantitative estimate of drug-likeness (QED) is 0.850. The number of aliphatic imine (C=N–C) groups is 1. The lowest BCUT2D eigenvalue weighted by Gasteiger charge is -2.28. The number of rotatable bonds is 3. The average molecular weight is 266 g/mol. The minimum atomic E-state index is -0.139. The number of benzene rings is 1. The van der Waals surface area contributed by atoms with E-state index < -0.39 is 0 Å². The smallest absolute Gasteiger partial charge is 0.184 e. The van der Waals surface area contributed by atoms with Crippen molar-refractivity contribution in [3.63, 3.8) is 0 Å². The maximum atomic E-state index is 12.3. The molecule has 102 valence electrons. The van der Waals surface area contributed by atoms with Gasteiger partial charge in [0.25, 0.3) is 0 Å². The third kappa shape index (κ3) is 2.44. The van der Waals surface area contributed by atoms with Gasteiger partial charge in [0.15, 0.2) is 5.78 Å². The van der Waals surface area contributed by atoms with Gasteiger partial charge in [0.2, 0.25) is 0 Å². The second-order valence-electron chi connectivity index (χ2n) is 5.89. The molecule has 0 saturated heterocycles. The maximum Gasteiger partial charge on any atom is 0.184 e. The third-order valence-corrected chi connectivity index (χ3v) is 3.62. The molecule has 20 heavy (non-hydrogen) atoms. The number of aromatic nitrogens is 1. The Bertz CT molecular complexity index is 666. The Kier molecular flexibility index (Phi) is 3.05. The summed E-state index contributed by atoms with van der Waals surface area (Å²) in [5, 5.41) is 0. The lowest BCUT2D eigenvalue weighted by molar-refractivity contribution is 0.0996. The van der Waals surface area contributed by atoms with Crippen molar-refractivity contribution >= 4 is 11.5 Å². The predicted octanol–water partition coefficient (Wildman–Crippen LogP) is 3.41. The summed E-state index contributed by atoms with van der Waals surface area (Å²) in [6, 6.07) is 11.9. The molecule has 2 aromatic rings. The zero-order valence-electron chi connectivity index (χ0n) is 11.8. The number of Topliss-reactive ketones (excluding diaryl/α,β-unsaturated/α-hetero) is 1. The van der Waals surface area contributed by atoms with Crippen molar-refractivity contribution in [3.05, 3.63) is 59.4 Å². The SMILES string of the molecule is CC1(C)Cc2ccccc2C(CC(=O)c2ccc[nH]2)=N1. The second-order valence-corrected chi connectivity index (χ2v) is 5.89. The molecule has 0 bridgehead atoms. The van der Waals surface area contributed by atoms with Crippen molar-refractivity contribution in [1.29, 1.82) is 0 Å². The van der Waals surface area contributed by atoms with Crippen molar-refractivity contribution in [2.75, 3.05) is 0 Å². The third-order valence-electron chi connectivity index (χ3n) is 3.62. The zero-order chi connectivity index (χ0) is 14.2. The van der Waals surface area contributed by atoms with Crippen LogP contribution in [0, 0.1) is 0 Å². The standard InChI is InChI=1S/C17H18N2O/c1-17(2)11-12-6-3-4-7-13(12)15(19-17)10-16(20)14-8-5-9-18-14/h3-9,18H,10-11H2,1-2H3. The number of H-pyrrole nitrogens is 1. The average Bonchev–Trinajstić information content (AvgIpc) is 2.91. The van der Waals surface area contributed by atoms with Crippen LogP contribution < -0.4 is 0 Å². The van der Waals surface area contributed by atoms with Crippen molar-refractivity contribution in [2.24, 2.45) is 4.99 Å². The minimum absolute atomic E-state index is 0.0845. The van der Waals surface area contributed by atoms with Gasteiger partial charge in [-0.15, -0.1) is 0 Å². The Balaban J connectivity index is 1.95. The van der Waals surface area contributed by atoms with Crippen LogP contribution in [0.4, 0.5) is 0 Å². The first-order valence-corrected chi connectivity index (χ1v) is 6.89. The lowest BCUT2D eigenvalue weighted by atomic mass is 9.85. The number of aromatic amines is 1. The minimum Gasteiger partial charge on any atom is -0.359 e. The first kappa shape index (κ1) is 12.9. The molecule has 0 saturated carbocycles. The van der Waals surface area contributed by atoms with Gasteiger partial charge in [-0.05, 0) is 43.5 Å². The molecule has 1 aromatic heterocycles. The van der Waals surface area contributed by atoms with Gasteiger partial charge in [-0.3, -0.25) is 9.79 Å². The lowest BCUT2D eigenvalue weighted by Crippen LogP contribution is -2.30. The molecule has 3 heteroatoms. The Morgan fingerprint density at radius 2 is 2.05 bits per heavy atom. The number of ketones is 1. The molecule has 0 radical (unpaired) electrons. The summed E-state index contributed by atoms with van der Waals surface area (Å²) in [6.07, 6.45) is 3.04. The van der Waals surface area contributed by atoms with E-state index >= 15 is 0 Å². The number of hydrogen-bond acceptors (Lipinski definition) is 2. The highest BCUT2D eigenvalue weighted by atomic mass is 16.1. The Labute approximate surface area is 118 Å². The number of nitrogens with one attached hydrogen (secondary N) is 1. The molecular weight excluding hydrogens is 248 g/mol. The molecule has 0 spiro atoms. The van der Waals surface area contributed by atoms with Crippen LogP contribution in [0.3, 0.4) is 0 Å². The summed E-state index contributed by atoms with van der Waals surface area (Å²) >= 11 is 0. The molecule has 0 aliphatic carbocycles. The molecule has 1 N–H and O–H groups in total. The van der Waals surface area contributed by atoms with Gasteiger partial charge < -0.3 is 4.98 Å². The number of nitrogens with zero attached hydrogens (tertiary/aromatic N) is 1. The topological polar surface area (TPSA) is 45.2 Å². The van der Waals surface area contributed by atoms with E-state index in [0.29, 0.717) is 12.1 Å². The molecule has 3 nitrogen and oxygen atoms in total. The van der Waals surface area contributed by atoms with Crippen LogP contribution in [0.5, 0.6) is 0 Å². The van der Waals surface area contributed by atoms with Gasteiger partial charge in [-0.2, -0.15) is 0 Å². The summed E-state index contributed by atoms with van der Waals surface area (Å²) in [7, 11) is 0. The summed E-state index contributed by atoms with van der Waals surface area (Å²) in [4.78, 5) is 20.0. The molecule has 0 fully saturated rings. The summed E-state index contributed by atoms with van der Waals surface area (Å²) in [5.74, 6) is 0.0845. The fourth-order valence-corrected chi connectivity index (χ4v) is 2.77. The molecule has 2 heterocycles. The summed E-state index contributed by atoms with van der Waals surface area (Å²) in [5.41, 5.74) is 3.80. The van der Waals surface area contributed by atoms with Crippen LogP contribution in [0.1, 0.15) is 41.9 Å². The number of fused-ring (bicyclic) bond motifs is 1. The van der Waals surface area contributed by atoms with Crippen LogP contribution >= 0.6 is 0 Å².